The largest absolute Gasteiger partial charge is 0.346 e. The summed E-state index contributed by atoms with van der Waals surface area (Å²) in [6.45, 7) is 1.95. The summed E-state index contributed by atoms with van der Waals surface area (Å²) in [5.41, 5.74) is 2.04. The van der Waals surface area contributed by atoms with E-state index in [1.54, 1.807) is 40.2 Å². The number of nitrogens with one attached hydrogen (secondary N) is 1. The molecule has 0 unspecified atom stereocenters. The average molecular weight is 350 g/mol. The fourth-order valence-electron chi connectivity index (χ4n) is 2.15. The quantitative estimate of drug-likeness (QED) is 0.739. The van der Waals surface area contributed by atoms with Crippen LogP contribution in [0.25, 0.3) is 0 Å². The van der Waals surface area contributed by atoms with Crippen LogP contribution in [0.1, 0.15) is 27.3 Å². The molecular weight excluding hydrogens is 334 g/mol. The maximum Gasteiger partial charge on any atom is 0.226 e. The van der Waals surface area contributed by atoms with Crippen molar-refractivity contribution in [2.75, 3.05) is 0 Å². The van der Waals surface area contributed by atoms with Gasteiger partial charge in [0.15, 0.2) is 0 Å². The molecule has 7 heteroatoms. The molecule has 1 N–H and O–H groups in total. The van der Waals surface area contributed by atoms with Gasteiger partial charge in [-0.3, -0.25) is 4.79 Å². The minimum Gasteiger partial charge on any atom is -0.346 e. The average Bonchev–Trinajstić information content (AvgIpc) is 3.20. The van der Waals surface area contributed by atoms with Crippen LogP contribution in [0.5, 0.6) is 0 Å². The lowest BCUT2D eigenvalue weighted by molar-refractivity contribution is -0.121. The van der Waals surface area contributed by atoms with Crippen LogP contribution in [-0.2, 0) is 17.6 Å². The molecule has 0 bridgehead atoms. The van der Waals surface area contributed by atoms with Crippen LogP contribution >= 0.6 is 34.0 Å². The molecule has 0 fully saturated rings. The van der Waals surface area contributed by atoms with Crippen molar-refractivity contribution in [1.29, 1.82) is 0 Å². The van der Waals surface area contributed by atoms with Crippen LogP contribution in [0.4, 0.5) is 0 Å². The van der Waals surface area contributed by atoms with Gasteiger partial charge in [-0.1, -0.05) is 0 Å². The van der Waals surface area contributed by atoms with E-state index < -0.39 is 0 Å². The zero-order chi connectivity index (χ0) is 15.4. The number of hydrogen-bond donors (Lipinski definition) is 1. The first kappa shape index (κ1) is 15.3. The molecule has 0 radical (unpaired) electrons. The zero-order valence-corrected chi connectivity index (χ0v) is 14.4. The molecule has 1 atom stereocenters. The Balaban J connectivity index is 1.68. The summed E-state index contributed by atoms with van der Waals surface area (Å²) in [6, 6.07) is 2.00. The summed E-state index contributed by atoms with van der Waals surface area (Å²) in [4.78, 5) is 21.0. The van der Waals surface area contributed by atoms with Crippen LogP contribution < -0.4 is 5.32 Å². The Bertz CT molecular complexity index is 719. The molecule has 0 aliphatic carbocycles. The number of carbonyl (C=O) groups is 1. The highest BCUT2D eigenvalue weighted by Crippen LogP contribution is 2.22. The van der Waals surface area contributed by atoms with Crippen molar-refractivity contribution in [3.63, 3.8) is 0 Å². The van der Waals surface area contributed by atoms with Crippen LogP contribution in [-0.4, -0.2) is 15.9 Å². The normalized spacial score (nSPS) is 12.2. The third kappa shape index (κ3) is 4.00. The summed E-state index contributed by atoms with van der Waals surface area (Å²) in [7, 11) is 0. The minimum absolute atomic E-state index is 0.0132. The fourth-order valence-corrected chi connectivity index (χ4v) is 4.13. The van der Waals surface area contributed by atoms with E-state index in [-0.39, 0.29) is 11.9 Å². The van der Waals surface area contributed by atoms with E-state index in [0.717, 1.165) is 22.1 Å². The number of aromatic nitrogens is 2. The van der Waals surface area contributed by atoms with E-state index in [1.165, 1.54) is 5.56 Å². The van der Waals surface area contributed by atoms with Gasteiger partial charge in [-0.2, -0.15) is 11.3 Å². The second kappa shape index (κ2) is 7.13. The Morgan fingerprint density at radius 1 is 1.32 bits per heavy atom. The van der Waals surface area contributed by atoms with Gasteiger partial charge in [-0.25, -0.2) is 9.97 Å². The summed E-state index contributed by atoms with van der Waals surface area (Å²) in [5, 5.41) is 13.0. The van der Waals surface area contributed by atoms with Crippen LogP contribution in [0, 0.1) is 6.92 Å². The highest BCUT2D eigenvalue weighted by molar-refractivity contribution is 7.10. The molecule has 114 valence electrons. The molecule has 0 aromatic carbocycles. The minimum atomic E-state index is -0.0816. The van der Waals surface area contributed by atoms with Crippen molar-refractivity contribution in [3.8, 4) is 0 Å². The molecule has 0 saturated carbocycles. The summed E-state index contributed by atoms with van der Waals surface area (Å²) in [5.74, 6) is -0.0132. The maximum absolute atomic E-state index is 12.3. The van der Waals surface area contributed by atoms with Crippen LogP contribution in [0.2, 0.25) is 0 Å². The van der Waals surface area contributed by atoms with Crippen molar-refractivity contribution < 1.29 is 4.79 Å². The Morgan fingerprint density at radius 2 is 2.23 bits per heavy atom. The molecule has 3 heterocycles. The number of rotatable bonds is 6. The summed E-state index contributed by atoms with van der Waals surface area (Å²) < 4.78 is 0. The second-order valence-corrected chi connectivity index (χ2v) is 7.63. The van der Waals surface area contributed by atoms with Gasteiger partial charge in [0.2, 0.25) is 5.91 Å². The fraction of sp³-hybridized carbons (Fsp3) is 0.267. The number of carbonyl (C=O) groups excluding carboxylic acids is 1. The van der Waals surface area contributed by atoms with Crippen LogP contribution in [0.15, 0.2) is 33.8 Å². The topological polar surface area (TPSA) is 54.9 Å². The molecule has 0 saturated heterocycles. The SMILES string of the molecule is Cc1nc(CC(=O)N[C@@H](Cc2ccsc2)c2nccs2)cs1. The summed E-state index contributed by atoms with van der Waals surface area (Å²) >= 11 is 4.80. The van der Waals surface area contributed by atoms with Gasteiger partial charge in [-0.15, -0.1) is 22.7 Å². The molecule has 0 aliphatic rings. The van der Waals surface area contributed by atoms with Gasteiger partial charge in [0, 0.05) is 23.4 Å². The lowest BCUT2D eigenvalue weighted by atomic mass is 10.1. The number of hydrogen-bond acceptors (Lipinski definition) is 6. The molecule has 22 heavy (non-hydrogen) atoms. The Morgan fingerprint density at radius 3 is 2.86 bits per heavy atom. The number of thiazole rings is 2. The van der Waals surface area contributed by atoms with Gasteiger partial charge < -0.3 is 5.32 Å². The Labute approximate surface area is 140 Å². The van der Waals surface area contributed by atoms with Gasteiger partial charge >= 0.3 is 0 Å². The van der Waals surface area contributed by atoms with Crippen molar-refractivity contribution in [1.82, 2.24) is 15.3 Å². The molecule has 4 nitrogen and oxygen atoms in total. The molecule has 0 spiro atoms. The molecule has 0 aliphatic heterocycles. The monoisotopic (exact) mass is 349 g/mol. The first-order valence-corrected chi connectivity index (χ1v) is 9.52. The first-order chi connectivity index (χ1) is 10.7. The Hall–Kier alpha value is -1.57. The zero-order valence-electron chi connectivity index (χ0n) is 12.0. The first-order valence-electron chi connectivity index (χ1n) is 6.81. The van der Waals surface area contributed by atoms with Crippen molar-refractivity contribution in [3.05, 3.63) is 55.1 Å². The second-order valence-electron chi connectivity index (χ2n) is 4.86. The van der Waals surface area contributed by atoms with E-state index in [2.05, 4.69) is 26.7 Å². The van der Waals surface area contributed by atoms with Gasteiger partial charge in [0.05, 0.1) is 23.2 Å². The molecule has 3 aromatic heterocycles. The number of aryl methyl sites for hydroxylation is 1. The van der Waals surface area contributed by atoms with Gasteiger partial charge in [-0.05, 0) is 29.3 Å². The number of thiophene rings is 1. The predicted octanol–water partition coefficient (Wildman–Crippen LogP) is 3.61. The molecule has 1 amide bonds. The highest BCUT2D eigenvalue weighted by atomic mass is 32.1. The van der Waals surface area contributed by atoms with Crippen LogP contribution in [0.3, 0.4) is 0 Å². The maximum atomic E-state index is 12.3. The van der Waals surface area contributed by atoms with E-state index in [4.69, 9.17) is 0 Å². The lowest BCUT2D eigenvalue weighted by Gasteiger charge is -2.15. The molecule has 3 aromatic rings. The summed E-state index contributed by atoms with van der Waals surface area (Å²) in [6.07, 6.45) is 2.85. The third-order valence-corrected chi connectivity index (χ3v) is 5.56. The van der Waals surface area contributed by atoms with Crippen molar-refractivity contribution in [2.45, 2.75) is 25.8 Å². The van der Waals surface area contributed by atoms with E-state index in [0.29, 0.717) is 6.42 Å². The Kier molecular flexibility index (Phi) is 4.97. The van der Waals surface area contributed by atoms with Gasteiger partial charge in [0.1, 0.15) is 5.01 Å². The van der Waals surface area contributed by atoms with Crippen molar-refractivity contribution >= 4 is 39.9 Å². The smallest absolute Gasteiger partial charge is 0.226 e. The van der Waals surface area contributed by atoms with Crippen molar-refractivity contribution in [2.24, 2.45) is 0 Å². The predicted molar refractivity (Wildman–Crippen MR) is 91.6 cm³/mol. The van der Waals surface area contributed by atoms with Gasteiger partial charge in [0.25, 0.3) is 0 Å². The number of amides is 1. The molecule has 3 rings (SSSR count). The lowest BCUT2D eigenvalue weighted by Crippen LogP contribution is -2.31. The van der Waals surface area contributed by atoms with E-state index in [9.17, 15) is 4.79 Å². The van der Waals surface area contributed by atoms with E-state index in [1.807, 2.05) is 23.1 Å². The van der Waals surface area contributed by atoms with E-state index >= 15 is 0 Å². The standard InChI is InChI=1S/C15H15N3OS3/c1-10-17-12(9-22-10)7-14(19)18-13(15-16-3-5-21-15)6-11-2-4-20-8-11/h2-5,8-9,13H,6-7H2,1H3,(H,18,19)/t13-/m0/s1. The number of nitrogens with zero attached hydrogens (tertiary/aromatic N) is 2. The third-order valence-electron chi connectivity index (χ3n) is 3.11. The highest BCUT2D eigenvalue weighted by Gasteiger charge is 2.18. The molecular formula is C15H15N3OS3.